The van der Waals surface area contributed by atoms with Gasteiger partial charge >= 0.3 is 0 Å². The first-order valence-electron chi connectivity index (χ1n) is 7.93. The summed E-state index contributed by atoms with van der Waals surface area (Å²) in [6.07, 6.45) is 6.46. The Bertz CT molecular complexity index is 942. The summed E-state index contributed by atoms with van der Waals surface area (Å²) < 4.78 is 9.28. The first kappa shape index (κ1) is 14.7. The Morgan fingerprint density at radius 2 is 2.25 bits per heavy atom. The van der Waals surface area contributed by atoms with Gasteiger partial charge in [0.2, 0.25) is 0 Å². The van der Waals surface area contributed by atoms with Crippen molar-refractivity contribution in [3.05, 3.63) is 35.9 Å². The minimum atomic E-state index is 0.402. The number of ether oxygens (including phenoxy) is 1. The second kappa shape index (κ2) is 5.65. The lowest BCUT2D eigenvalue weighted by molar-refractivity contribution is 0.417. The van der Waals surface area contributed by atoms with Crippen molar-refractivity contribution in [2.75, 3.05) is 20.2 Å². The molecule has 1 aliphatic heterocycles. The van der Waals surface area contributed by atoms with E-state index in [9.17, 15) is 5.26 Å². The van der Waals surface area contributed by atoms with Crippen molar-refractivity contribution >= 4 is 5.52 Å². The van der Waals surface area contributed by atoms with Gasteiger partial charge in [0.25, 0.3) is 0 Å². The average Bonchev–Trinajstić information content (AvgIpc) is 3.32. The summed E-state index contributed by atoms with van der Waals surface area (Å²) in [6, 6.07) is 4.50. The van der Waals surface area contributed by atoms with Crippen molar-refractivity contribution < 1.29 is 4.74 Å². The predicted octanol–water partition coefficient (Wildman–Crippen LogP) is 1.92. The molecule has 1 aliphatic rings. The second-order valence-electron chi connectivity index (χ2n) is 6.00. The molecule has 0 aliphatic carbocycles. The van der Waals surface area contributed by atoms with Gasteiger partial charge in [-0.2, -0.15) is 15.5 Å². The largest absolute Gasteiger partial charge is 0.494 e. The minimum absolute atomic E-state index is 0.402. The van der Waals surface area contributed by atoms with Crippen LogP contribution in [0.3, 0.4) is 0 Å². The van der Waals surface area contributed by atoms with E-state index in [0.29, 0.717) is 22.9 Å². The highest BCUT2D eigenvalue weighted by Gasteiger charge is 2.21. The van der Waals surface area contributed by atoms with Gasteiger partial charge in [-0.05, 0) is 26.0 Å². The molecule has 24 heavy (non-hydrogen) atoms. The number of aromatic nitrogens is 4. The quantitative estimate of drug-likeness (QED) is 0.797. The summed E-state index contributed by atoms with van der Waals surface area (Å²) >= 11 is 0. The number of methoxy groups -OCH3 is 1. The summed E-state index contributed by atoms with van der Waals surface area (Å²) in [5, 5.41) is 21.5. The molecule has 0 radical (unpaired) electrons. The third-order valence-electron chi connectivity index (χ3n) is 4.65. The number of nitrogens with one attached hydrogen (secondary N) is 1. The zero-order valence-electron chi connectivity index (χ0n) is 13.7. The van der Waals surface area contributed by atoms with E-state index in [0.717, 1.165) is 36.3 Å². The molecule has 1 saturated heterocycles. The Morgan fingerprint density at radius 3 is 2.96 bits per heavy atom. The van der Waals surface area contributed by atoms with Gasteiger partial charge in [-0.3, -0.25) is 4.68 Å². The van der Waals surface area contributed by atoms with E-state index in [1.807, 2.05) is 18.5 Å². The maximum atomic E-state index is 9.22. The van der Waals surface area contributed by atoms with E-state index in [1.54, 1.807) is 17.8 Å². The number of hydrogen-bond acceptors (Lipinski definition) is 5. The summed E-state index contributed by atoms with van der Waals surface area (Å²) in [5.41, 5.74) is 4.34. The lowest BCUT2D eigenvalue weighted by atomic mass is 10.1. The van der Waals surface area contributed by atoms with Crippen LogP contribution in [0.25, 0.3) is 16.6 Å². The van der Waals surface area contributed by atoms with Crippen molar-refractivity contribution in [2.45, 2.75) is 19.4 Å². The van der Waals surface area contributed by atoms with Crippen LogP contribution in [0.15, 0.2) is 24.7 Å². The Hall–Kier alpha value is -2.85. The van der Waals surface area contributed by atoms with Gasteiger partial charge in [0.1, 0.15) is 22.9 Å². The maximum absolute atomic E-state index is 9.22. The molecule has 0 bridgehead atoms. The molecule has 0 spiro atoms. The predicted molar refractivity (Wildman–Crippen MR) is 88.9 cm³/mol. The third-order valence-corrected chi connectivity index (χ3v) is 4.65. The Kier molecular flexibility index (Phi) is 3.47. The maximum Gasteiger partial charge on any atom is 0.146 e. The molecule has 7 nitrogen and oxygen atoms in total. The molecule has 7 heteroatoms. The number of fused-ring (bicyclic) bond motifs is 1. The highest BCUT2D eigenvalue weighted by atomic mass is 16.5. The van der Waals surface area contributed by atoms with Crippen molar-refractivity contribution in [3.8, 4) is 22.9 Å². The van der Waals surface area contributed by atoms with Crippen molar-refractivity contribution in [1.82, 2.24) is 24.7 Å². The van der Waals surface area contributed by atoms with Crippen LogP contribution in [0, 0.1) is 18.3 Å². The molecular weight excluding hydrogens is 304 g/mol. The van der Waals surface area contributed by atoms with Crippen molar-refractivity contribution in [2.24, 2.45) is 0 Å². The van der Waals surface area contributed by atoms with Crippen LogP contribution in [0.4, 0.5) is 0 Å². The topological polar surface area (TPSA) is 80.2 Å². The molecule has 0 saturated carbocycles. The van der Waals surface area contributed by atoms with Crippen molar-refractivity contribution in [1.29, 1.82) is 5.26 Å². The van der Waals surface area contributed by atoms with Crippen LogP contribution >= 0.6 is 0 Å². The van der Waals surface area contributed by atoms with Crippen LogP contribution in [-0.4, -0.2) is 39.6 Å². The Balaban J connectivity index is 1.84. The molecule has 122 valence electrons. The SMILES string of the molecule is COc1cc(-c2cnn([C@H]3CCNC3)c2C)cn2ncc(C#N)c12. The molecule has 0 amide bonds. The molecule has 3 aromatic rings. The average molecular weight is 322 g/mol. The van der Waals surface area contributed by atoms with Gasteiger partial charge in [-0.1, -0.05) is 0 Å². The van der Waals surface area contributed by atoms with Crippen LogP contribution in [0.2, 0.25) is 0 Å². The lowest BCUT2D eigenvalue weighted by Gasteiger charge is -2.12. The van der Waals surface area contributed by atoms with Gasteiger partial charge in [-0.15, -0.1) is 0 Å². The van der Waals surface area contributed by atoms with Crippen molar-refractivity contribution in [3.63, 3.8) is 0 Å². The molecule has 0 unspecified atom stereocenters. The Labute approximate surface area is 139 Å². The molecule has 3 aromatic heterocycles. The monoisotopic (exact) mass is 322 g/mol. The lowest BCUT2D eigenvalue weighted by Crippen LogP contribution is -2.15. The molecule has 4 heterocycles. The molecule has 0 aromatic carbocycles. The van der Waals surface area contributed by atoms with Crippen LogP contribution in [-0.2, 0) is 0 Å². The fourth-order valence-electron chi connectivity index (χ4n) is 3.39. The van der Waals surface area contributed by atoms with E-state index in [-0.39, 0.29) is 0 Å². The molecule has 1 atom stereocenters. The highest BCUT2D eigenvalue weighted by molar-refractivity contribution is 5.75. The van der Waals surface area contributed by atoms with Crippen LogP contribution < -0.4 is 10.1 Å². The minimum Gasteiger partial charge on any atom is -0.494 e. The number of nitriles is 1. The number of pyridine rings is 1. The van der Waals surface area contributed by atoms with Crippen LogP contribution in [0.1, 0.15) is 23.7 Å². The van der Waals surface area contributed by atoms with E-state index in [2.05, 4.69) is 33.2 Å². The number of rotatable bonds is 3. The van der Waals surface area contributed by atoms with Gasteiger partial charge in [-0.25, -0.2) is 4.52 Å². The summed E-state index contributed by atoms with van der Waals surface area (Å²) in [5.74, 6) is 0.635. The fourth-order valence-corrected chi connectivity index (χ4v) is 3.39. The number of hydrogen-bond donors (Lipinski definition) is 1. The molecule has 1 N–H and O–H groups in total. The normalized spacial score (nSPS) is 17.3. The summed E-state index contributed by atoms with van der Waals surface area (Å²) in [7, 11) is 1.60. The Morgan fingerprint density at radius 1 is 1.38 bits per heavy atom. The van der Waals surface area contributed by atoms with E-state index < -0.39 is 0 Å². The summed E-state index contributed by atoms with van der Waals surface area (Å²) in [4.78, 5) is 0. The third kappa shape index (κ3) is 2.15. The van der Waals surface area contributed by atoms with E-state index in [4.69, 9.17) is 4.74 Å². The summed E-state index contributed by atoms with van der Waals surface area (Å²) in [6.45, 7) is 4.07. The van der Waals surface area contributed by atoms with Crippen LogP contribution in [0.5, 0.6) is 5.75 Å². The van der Waals surface area contributed by atoms with Gasteiger partial charge < -0.3 is 10.1 Å². The molecule has 1 fully saturated rings. The zero-order valence-corrected chi connectivity index (χ0v) is 13.7. The van der Waals surface area contributed by atoms with E-state index in [1.165, 1.54) is 0 Å². The molecular formula is C17H18N6O. The van der Waals surface area contributed by atoms with E-state index >= 15 is 0 Å². The number of nitrogens with zero attached hydrogens (tertiary/aromatic N) is 5. The fraction of sp³-hybridized carbons (Fsp3) is 0.353. The zero-order chi connectivity index (χ0) is 16.7. The first-order valence-corrected chi connectivity index (χ1v) is 7.93. The highest BCUT2D eigenvalue weighted by Crippen LogP contribution is 2.32. The van der Waals surface area contributed by atoms with Gasteiger partial charge in [0.15, 0.2) is 0 Å². The molecule has 4 rings (SSSR count). The van der Waals surface area contributed by atoms with Gasteiger partial charge in [0.05, 0.1) is 25.5 Å². The smallest absolute Gasteiger partial charge is 0.146 e. The second-order valence-corrected chi connectivity index (χ2v) is 6.00. The standard InChI is InChI=1S/C17H18N6O/c1-11-15(9-21-23(11)14-3-4-19-8-14)12-5-16(24-2)17-13(6-18)7-20-22(17)10-12/h5,7,9-10,14,19H,3-4,8H2,1-2H3/t14-/m0/s1. The van der Waals surface area contributed by atoms with Gasteiger partial charge in [0, 0.05) is 29.6 Å². The first-order chi connectivity index (χ1) is 11.7.